The zero-order valence-corrected chi connectivity index (χ0v) is 18.4. The first-order chi connectivity index (χ1) is 15.1. The van der Waals surface area contributed by atoms with Gasteiger partial charge in [-0.15, -0.1) is 0 Å². The Morgan fingerprint density at radius 2 is 1.53 bits per heavy atom. The van der Waals surface area contributed by atoms with E-state index in [0.717, 1.165) is 22.3 Å². The second kappa shape index (κ2) is 10.6. The minimum Gasteiger partial charge on any atom is -0.480 e. The highest BCUT2D eigenvalue weighted by atomic mass is 16.4. The van der Waals surface area contributed by atoms with Crippen molar-refractivity contribution in [2.45, 2.75) is 52.0 Å². The summed E-state index contributed by atoms with van der Waals surface area (Å²) in [5.74, 6) is -2.77. The van der Waals surface area contributed by atoms with E-state index in [2.05, 4.69) is 10.0 Å². The van der Waals surface area contributed by atoms with Crippen LogP contribution in [0.25, 0.3) is 10.4 Å². The molecule has 1 aliphatic carbocycles. The molecule has 2 N–H and O–H groups in total. The molecule has 0 saturated heterocycles. The number of carbonyl (C=O) groups excluding carboxylic acids is 1. The maximum atomic E-state index is 11.0. The van der Waals surface area contributed by atoms with Crippen molar-refractivity contribution in [2.24, 2.45) is 10.5 Å². The summed E-state index contributed by atoms with van der Waals surface area (Å²) in [5.41, 5.74) is 10.9. The predicted octanol–water partition coefficient (Wildman–Crippen LogP) is 5.35. The first-order valence-corrected chi connectivity index (χ1v) is 10.3. The van der Waals surface area contributed by atoms with Crippen molar-refractivity contribution in [3.05, 3.63) is 81.2 Å². The number of Topliss-reactive ketones (excluding diaryl/α,β-unsaturated/α-hetero) is 1. The van der Waals surface area contributed by atoms with Gasteiger partial charge in [0.05, 0.1) is 6.04 Å². The number of benzene rings is 2. The third-order valence-corrected chi connectivity index (χ3v) is 5.63. The molecule has 0 spiro atoms. The van der Waals surface area contributed by atoms with Crippen LogP contribution < -0.4 is 0 Å². The molecule has 1 saturated carbocycles. The molecule has 0 radical (unpaired) electrons. The van der Waals surface area contributed by atoms with E-state index in [0.29, 0.717) is 12.8 Å². The van der Waals surface area contributed by atoms with Gasteiger partial charge >= 0.3 is 11.9 Å². The van der Waals surface area contributed by atoms with Crippen molar-refractivity contribution in [1.82, 2.24) is 0 Å². The number of carboxylic acids is 2. The zero-order valence-electron chi connectivity index (χ0n) is 18.4. The normalized spacial score (nSPS) is 16.5. The van der Waals surface area contributed by atoms with Gasteiger partial charge < -0.3 is 15.0 Å². The molecular weight excluding hydrogens is 410 g/mol. The third-order valence-electron chi connectivity index (χ3n) is 5.63. The summed E-state index contributed by atoms with van der Waals surface area (Å²) in [7, 11) is 0. The Morgan fingerprint density at radius 3 is 1.94 bits per heavy atom. The molecule has 3 rings (SSSR count). The van der Waals surface area contributed by atoms with Crippen molar-refractivity contribution in [1.29, 1.82) is 0 Å². The van der Waals surface area contributed by atoms with Crippen LogP contribution in [0.3, 0.4) is 0 Å². The largest absolute Gasteiger partial charge is 0.480 e. The average Bonchev–Trinajstić information content (AvgIpc) is 3.50. The zero-order chi connectivity index (χ0) is 23.9. The summed E-state index contributed by atoms with van der Waals surface area (Å²) in [4.78, 5) is 35.7. The van der Waals surface area contributed by atoms with Crippen LogP contribution in [0.4, 0.5) is 0 Å². The number of carbonyl (C=O) groups is 3. The third kappa shape index (κ3) is 5.95. The second-order valence-electron chi connectivity index (χ2n) is 8.12. The molecule has 8 nitrogen and oxygen atoms in total. The molecular formula is C24H27N3O5. The van der Waals surface area contributed by atoms with Gasteiger partial charge in [-0.2, -0.15) is 0 Å². The molecule has 0 heterocycles. The van der Waals surface area contributed by atoms with Crippen molar-refractivity contribution in [3.63, 3.8) is 0 Å². The topological polar surface area (TPSA) is 140 Å². The van der Waals surface area contributed by atoms with Gasteiger partial charge in [-0.25, -0.2) is 0 Å². The molecule has 168 valence electrons. The fourth-order valence-corrected chi connectivity index (χ4v) is 3.51. The number of ketones is 1. The lowest BCUT2D eigenvalue weighted by atomic mass is 9.99. The maximum Gasteiger partial charge on any atom is 0.321 e. The summed E-state index contributed by atoms with van der Waals surface area (Å²) in [6, 6.07) is 14.9. The van der Waals surface area contributed by atoms with E-state index in [-0.39, 0.29) is 18.2 Å². The molecule has 0 bridgehead atoms. The number of hydrogen-bond acceptors (Lipinski definition) is 4. The predicted molar refractivity (Wildman–Crippen MR) is 119 cm³/mol. The molecule has 0 amide bonds. The number of aliphatic carboxylic acids is 2. The molecule has 2 unspecified atom stereocenters. The van der Waals surface area contributed by atoms with E-state index in [1.165, 1.54) is 0 Å². The Hall–Kier alpha value is -3.64. The first kappa shape index (κ1) is 24.6. The van der Waals surface area contributed by atoms with Gasteiger partial charge in [0.2, 0.25) is 0 Å². The van der Waals surface area contributed by atoms with Crippen LogP contribution in [-0.2, 0) is 14.4 Å². The number of nitrogens with zero attached hydrogens (tertiary/aromatic N) is 3. The van der Waals surface area contributed by atoms with Crippen LogP contribution >= 0.6 is 0 Å². The molecule has 2 atom stereocenters. The summed E-state index contributed by atoms with van der Waals surface area (Å²) in [6.45, 7) is 5.47. The minimum atomic E-state index is -1.60. The van der Waals surface area contributed by atoms with Crippen molar-refractivity contribution >= 4 is 17.7 Å². The van der Waals surface area contributed by atoms with Crippen LogP contribution in [-0.4, -0.2) is 27.9 Å². The van der Waals surface area contributed by atoms with Crippen LogP contribution in [0.5, 0.6) is 0 Å². The Bertz CT molecular complexity index is 1010. The quantitative estimate of drug-likeness (QED) is 0.248. The van der Waals surface area contributed by atoms with E-state index in [4.69, 9.17) is 15.7 Å². The summed E-state index contributed by atoms with van der Waals surface area (Å²) < 4.78 is 0. The summed E-state index contributed by atoms with van der Waals surface area (Å²) in [6.07, 6.45) is 1.20. The molecule has 2 aromatic rings. The molecule has 0 aromatic heterocycles. The lowest BCUT2D eigenvalue weighted by molar-refractivity contribution is -0.157. The Balaban J connectivity index is 0.000000227. The molecule has 1 aliphatic rings. The Morgan fingerprint density at radius 1 is 1.03 bits per heavy atom. The van der Waals surface area contributed by atoms with Crippen molar-refractivity contribution in [3.8, 4) is 0 Å². The molecule has 0 aliphatic heterocycles. The van der Waals surface area contributed by atoms with Crippen LogP contribution in [0.15, 0.2) is 53.6 Å². The molecule has 8 heteroatoms. The SMILES string of the molecule is CC(=O)CCC(N=[N+]=[N-])c1ccc(C)cc1.Cc1ccc(C2CC2(C(=O)O)C(=O)O)cc1. The van der Waals surface area contributed by atoms with Crippen LogP contribution in [0.1, 0.15) is 60.4 Å². The van der Waals surface area contributed by atoms with Gasteiger partial charge in [0.1, 0.15) is 5.78 Å². The van der Waals surface area contributed by atoms with Gasteiger partial charge in [0.25, 0.3) is 0 Å². The lowest BCUT2D eigenvalue weighted by Gasteiger charge is -2.10. The minimum absolute atomic E-state index is 0.116. The van der Waals surface area contributed by atoms with Crippen molar-refractivity contribution < 1.29 is 24.6 Å². The van der Waals surface area contributed by atoms with Crippen LogP contribution in [0, 0.1) is 19.3 Å². The number of aryl methyl sites for hydroxylation is 2. The van der Waals surface area contributed by atoms with E-state index in [9.17, 15) is 14.4 Å². The average molecular weight is 437 g/mol. The van der Waals surface area contributed by atoms with Gasteiger partial charge in [-0.3, -0.25) is 9.59 Å². The monoisotopic (exact) mass is 437 g/mol. The molecule has 2 aromatic carbocycles. The van der Waals surface area contributed by atoms with Crippen LogP contribution in [0.2, 0.25) is 0 Å². The summed E-state index contributed by atoms with van der Waals surface area (Å²) >= 11 is 0. The highest BCUT2D eigenvalue weighted by Gasteiger charge is 2.67. The van der Waals surface area contributed by atoms with Gasteiger partial charge in [0.15, 0.2) is 5.41 Å². The van der Waals surface area contributed by atoms with Gasteiger partial charge in [-0.05, 0) is 50.3 Å². The van der Waals surface area contributed by atoms with Gasteiger partial charge in [0, 0.05) is 17.3 Å². The standard InChI is InChI=1S/C12H15N3O.C12H12O4/c1-9-3-6-11(7-4-9)12(14-15-13)8-5-10(2)16;1-7-2-4-8(5-3-7)9-6-12(9,10(13)14)11(15)16/h3-4,6-7,12H,5,8H2,1-2H3;2-5,9H,6H2,1H3,(H,13,14)(H,15,16). The highest BCUT2D eigenvalue weighted by molar-refractivity contribution is 6.03. The summed E-state index contributed by atoms with van der Waals surface area (Å²) in [5, 5.41) is 21.7. The Kier molecular flexibility index (Phi) is 8.15. The number of hydrogen-bond donors (Lipinski definition) is 2. The smallest absolute Gasteiger partial charge is 0.321 e. The fraction of sp³-hybridized carbons (Fsp3) is 0.375. The van der Waals surface area contributed by atoms with E-state index in [1.54, 1.807) is 19.1 Å². The maximum absolute atomic E-state index is 11.0. The fourth-order valence-electron chi connectivity index (χ4n) is 3.51. The van der Waals surface area contributed by atoms with Crippen molar-refractivity contribution in [2.75, 3.05) is 0 Å². The van der Waals surface area contributed by atoms with E-state index >= 15 is 0 Å². The van der Waals surface area contributed by atoms with E-state index in [1.807, 2.05) is 50.2 Å². The number of rotatable bonds is 8. The lowest BCUT2D eigenvalue weighted by Crippen LogP contribution is -2.26. The number of carboxylic acid groups (broad SMARTS) is 2. The molecule has 32 heavy (non-hydrogen) atoms. The Labute approximate surface area is 186 Å². The second-order valence-corrected chi connectivity index (χ2v) is 8.12. The first-order valence-electron chi connectivity index (χ1n) is 10.3. The highest BCUT2D eigenvalue weighted by Crippen LogP contribution is 2.59. The van der Waals surface area contributed by atoms with Gasteiger partial charge in [-0.1, -0.05) is 64.8 Å². The number of azide groups is 1. The molecule has 1 fully saturated rings. The van der Waals surface area contributed by atoms with E-state index < -0.39 is 23.3 Å².